The number of rotatable bonds is 4. The Kier molecular flexibility index (Phi) is 4.24. The Morgan fingerprint density at radius 3 is 2.38 bits per heavy atom. The number of hydrogen-bond donors (Lipinski definition) is 1. The van der Waals surface area contributed by atoms with E-state index in [0.717, 1.165) is 16.3 Å². The first-order chi connectivity index (χ1) is 11.6. The molecule has 1 N–H and O–H groups in total. The van der Waals surface area contributed by atoms with Gasteiger partial charge < -0.3 is 5.32 Å². The maximum absolute atomic E-state index is 12.4. The lowest BCUT2D eigenvalue weighted by molar-refractivity contribution is -0.384. The molecule has 3 aromatic rings. The summed E-state index contributed by atoms with van der Waals surface area (Å²) in [7, 11) is 0. The van der Waals surface area contributed by atoms with E-state index in [9.17, 15) is 14.9 Å². The largest absolute Gasteiger partial charge is 0.345 e. The van der Waals surface area contributed by atoms with Gasteiger partial charge in [0.25, 0.3) is 11.6 Å². The minimum Gasteiger partial charge on any atom is -0.345 e. The van der Waals surface area contributed by atoms with E-state index in [0.29, 0.717) is 5.56 Å². The van der Waals surface area contributed by atoms with E-state index in [1.807, 2.05) is 49.4 Å². The first-order valence-corrected chi connectivity index (χ1v) is 7.59. The van der Waals surface area contributed by atoms with E-state index < -0.39 is 4.92 Å². The van der Waals surface area contributed by atoms with Gasteiger partial charge in [-0.1, -0.05) is 42.5 Å². The van der Waals surface area contributed by atoms with Crippen LogP contribution in [0.15, 0.2) is 66.7 Å². The van der Waals surface area contributed by atoms with Crippen molar-refractivity contribution in [3.05, 3.63) is 88.0 Å². The van der Waals surface area contributed by atoms with E-state index >= 15 is 0 Å². The number of fused-ring (bicyclic) bond motifs is 1. The Bertz CT molecular complexity index is 899. The Hall–Kier alpha value is -3.21. The van der Waals surface area contributed by atoms with Crippen LogP contribution in [0, 0.1) is 10.1 Å². The van der Waals surface area contributed by atoms with Gasteiger partial charge in [0.05, 0.1) is 11.0 Å². The van der Waals surface area contributed by atoms with Crippen LogP contribution in [0.1, 0.15) is 28.9 Å². The molecule has 0 aliphatic rings. The predicted molar refractivity (Wildman–Crippen MR) is 92.9 cm³/mol. The van der Waals surface area contributed by atoms with Gasteiger partial charge in [-0.2, -0.15) is 0 Å². The highest BCUT2D eigenvalue weighted by atomic mass is 16.6. The SMILES string of the molecule is CC(NC(=O)c1ccc([N+](=O)[O-])cc1)c1cccc2ccccc12. The van der Waals surface area contributed by atoms with Crippen LogP contribution in [0.3, 0.4) is 0 Å². The number of nitro groups is 1. The van der Waals surface area contributed by atoms with Crippen LogP contribution in [-0.4, -0.2) is 10.8 Å². The van der Waals surface area contributed by atoms with Crippen LogP contribution in [-0.2, 0) is 0 Å². The normalized spacial score (nSPS) is 11.9. The van der Waals surface area contributed by atoms with Crippen LogP contribution in [0.4, 0.5) is 5.69 Å². The Morgan fingerprint density at radius 2 is 1.67 bits per heavy atom. The maximum Gasteiger partial charge on any atom is 0.269 e. The average Bonchev–Trinajstić information content (AvgIpc) is 2.61. The summed E-state index contributed by atoms with van der Waals surface area (Å²) in [5.41, 5.74) is 1.39. The smallest absolute Gasteiger partial charge is 0.269 e. The third kappa shape index (κ3) is 3.10. The van der Waals surface area contributed by atoms with Gasteiger partial charge in [0.15, 0.2) is 0 Å². The molecule has 0 saturated carbocycles. The fourth-order valence-electron chi connectivity index (χ4n) is 2.72. The molecule has 0 fully saturated rings. The number of carbonyl (C=O) groups excluding carboxylic acids is 1. The van der Waals surface area contributed by atoms with Crippen LogP contribution in [0.2, 0.25) is 0 Å². The summed E-state index contributed by atoms with van der Waals surface area (Å²) in [6.45, 7) is 1.92. The summed E-state index contributed by atoms with van der Waals surface area (Å²) in [6, 6.07) is 19.4. The number of nitrogens with zero attached hydrogens (tertiary/aromatic N) is 1. The minimum atomic E-state index is -0.486. The number of nitro benzene ring substituents is 1. The van der Waals surface area contributed by atoms with Crippen molar-refractivity contribution in [2.24, 2.45) is 0 Å². The molecular weight excluding hydrogens is 304 g/mol. The van der Waals surface area contributed by atoms with Gasteiger partial charge in [0.1, 0.15) is 0 Å². The molecule has 3 aromatic carbocycles. The zero-order valence-corrected chi connectivity index (χ0v) is 13.1. The molecule has 5 heteroatoms. The molecule has 1 unspecified atom stereocenters. The lowest BCUT2D eigenvalue weighted by atomic mass is 9.99. The monoisotopic (exact) mass is 320 g/mol. The zero-order valence-electron chi connectivity index (χ0n) is 13.1. The zero-order chi connectivity index (χ0) is 17.1. The quantitative estimate of drug-likeness (QED) is 0.577. The molecule has 0 spiro atoms. The number of nitrogens with one attached hydrogen (secondary N) is 1. The van der Waals surface area contributed by atoms with E-state index in [1.165, 1.54) is 24.3 Å². The fourth-order valence-corrected chi connectivity index (χ4v) is 2.72. The van der Waals surface area contributed by atoms with Crippen molar-refractivity contribution in [2.45, 2.75) is 13.0 Å². The first-order valence-electron chi connectivity index (χ1n) is 7.59. The standard InChI is InChI=1S/C19H16N2O3/c1-13(17-8-4-6-14-5-2-3-7-18(14)17)20-19(22)15-9-11-16(12-10-15)21(23)24/h2-13H,1H3,(H,20,22). The van der Waals surface area contributed by atoms with Gasteiger partial charge in [-0.05, 0) is 35.4 Å². The van der Waals surface area contributed by atoms with Crippen LogP contribution in [0.5, 0.6) is 0 Å². The second kappa shape index (κ2) is 6.50. The van der Waals surface area contributed by atoms with Gasteiger partial charge >= 0.3 is 0 Å². The molecule has 0 aromatic heterocycles. The van der Waals surface area contributed by atoms with Crippen molar-refractivity contribution in [1.82, 2.24) is 5.32 Å². The van der Waals surface area contributed by atoms with Crippen molar-refractivity contribution >= 4 is 22.4 Å². The van der Waals surface area contributed by atoms with Crippen molar-refractivity contribution < 1.29 is 9.72 Å². The number of benzene rings is 3. The van der Waals surface area contributed by atoms with E-state index in [2.05, 4.69) is 5.32 Å². The Labute approximate surface area is 139 Å². The Balaban J connectivity index is 1.82. The highest BCUT2D eigenvalue weighted by Gasteiger charge is 2.14. The Morgan fingerprint density at radius 1 is 1.00 bits per heavy atom. The molecule has 1 amide bonds. The number of non-ortho nitro benzene ring substituents is 1. The highest BCUT2D eigenvalue weighted by Crippen LogP contribution is 2.24. The maximum atomic E-state index is 12.4. The topological polar surface area (TPSA) is 72.2 Å². The molecule has 0 aliphatic heterocycles. The van der Waals surface area contributed by atoms with Gasteiger partial charge in [0, 0.05) is 17.7 Å². The number of carbonyl (C=O) groups is 1. The van der Waals surface area contributed by atoms with Crippen molar-refractivity contribution in [2.75, 3.05) is 0 Å². The van der Waals surface area contributed by atoms with Crippen LogP contribution >= 0.6 is 0 Å². The molecule has 5 nitrogen and oxygen atoms in total. The van der Waals surface area contributed by atoms with Gasteiger partial charge in [0.2, 0.25) is 0 Å². The number of amides is 1. The van der Waals surface area contributed by atoms with E-state index in [-0.39, 0.29) is 17.6 Å². The highest BCUT2D eigenvalue weighted by molar-refractivity contribution is 5.95. The molecule has 24 heavy (non-hydrogen) atoms. The molecule has 0 bridgehead atoms. The summed E-state index contributed by atoms with van der Waals surface area (Å²) in [5, 5.41) is 15.8. The summed E-state index contributed by atoms with van der Waals surface area (Å²) in [5.74, 6) is -0.259. The molecule has 120 valence electrons. The molecular formula is C19H16N2O3. The first kappa shape index (κ1) is 15.7. The number of hydrogen-bond acceptors (Lipinski definition) is 3. The molecule has 0 radical (unpaired) electrons. The lowest BCUT2D eigenvalue weighted by Gasteiger charge is -2.16. The van der Waals surface area contributed by atoms with Gasteiger partial charge in [-0.15, -0.1) is 0 Å². The molecule has 3 rings (SSSR count). The lowest BCUT2D eigenvalue weighted by Crippen LogP contribution is -2.26. The molecule has 0 aliphatic carbocycles. The van der Waals surface area contributed by atoms with Crippen LogP contribution in [0.25, 0.3) is 10.8 Å². The minimum absolute atomic E-state index is 0.0337. The van der Waals surface area contributed by atoms with Gasteiger partial charge in [-0.25, -0.2) is 0 Å². The molecule has 1 atom stereocenters. The average molecular weight is 320 g/mol. The van der Waals surface area contributed by atoms with E-state index in [1.54, 1.807) is 0 Å². The fraction of sp³-hybridized carbons (Fsp3) is 0.105. The third-order valence-corrected chi connectivity index (χ3v) is 3.98. The second-order valence-corrected chi connectivity index (χ2v) is 5.57. The molecule has 0 heterocycles. The second-order valence-electron chi connectivity index (χ2n) is 5.57. The summed E-state index contributed by atoms with van der Waals surface area (Å²) < 4.78 is 0. The van der Waals surface area contributed by atoms with Crippen LogP contribution < -0.4 is 5.32 Å². The summed E-state index contributed by atoms with van der Waals surface area (Å²) >= 11 is 0. The van der Waals surface area contributed by atoms with Crippen molar-refractivity contribution in [1.29, 1.82) is 0 Å². The van der Waals surface area contributed by atoms with E-state index in [4.69, 9.17) is 0 Å². The third-order valence-electron chi connectivity index (χ3n) is 3.98. The van der Waals surface area contributed by atoms with Crippen molar-refractivity contribution in [3.8, 4) is 0 Å². The summed E-state index contributed by atoms with van der Waals surface area (Å²) in [6.07, 6.45) is 0. The molecule has 0 saturated heterocycles. The van der Waals surface area contributed by atoms with Gasteiger partial charge in [-0.3, -0.25) is 14.9 Å². The van der Waals surface area contributed by atoms with Crippen molar-refractivity contribution in [3.63, 3.8) is 0 Å². The predicted octanol–water partition coefficient (Wildman–Crippen LogP) is 4.24. The summed E-state index contributed by atoms with van der Waals surface area (Å²) in [4.78, 5) is 22.6.